The minimum atomic E-state index is -0.670. The molecule has 0 aromatic rings. The van der Waals surface area contributed by atoms with Crippen molar-refractivity contribution in [1.29, 1.82) is 0 Å². The lowest BCUT2D eigenvalue weighted by Crippen LogP contribution is -2.34. The summed E-state index contributed by atoms with van der Waals surface area (Å²) in [6, 6.07) is 0. The van der Waals surface area contributed by atoms with Gasteiger partial charge >= 0.3 is 6.16 Å². The molecule has 1 atom stereocenters. The second-order valence-corrected chi connectivity index (χ2v) is 2.64. The van der Waals surface area contributed by atoms with Crippen molar-refractivity contribution >= 4 is 6.16 Å². The third kappa shape index (κ3) is 1.07. The SMILES string of the molecule is COC1OC(=O)OC1(C)C. The summed E-state index contributed by atoms with van der Waals surface area (Å²) in [4.78, 5) is 10.5. The van der Waals surface area contributed by atoms with Crippen molar-refractivity contribution in [1.82, 2.24) is 0 Å². The number of cyclic esters (lactones) is 2. The normalized spacial score (nSPS) is 29.5. The van der Waals surface area contributed by atoms with Gasteiger partial charge in [-0.15, -0.1) is 0 Å². The van der Waals surface area contributed by atoms with Gasteiger partial charge in [-0.25, -0.2) is 4.79 Å². The van der Waals surface area contributed by atoms with Crippen molar-refractivity contribution in [2.45, 2.75) is 25.7 Å². The molecule has 0 aromatic carbocycles. The Kier molecular flexibility index (Phi) is 1.56. The maximum Gasteiger partial charge on any atom is 0.511 e. The standard InChI is InChI=1S/C6H10O4/c1-6(2)4(8-3)9-5(7)10-6/h4H,1-3H3. The highest BCUT2D eigenvalue weighted by atomic mass is 16.8. The van der Waals surface area contributed by atoms with E-state index in [9.17, 15) is 4.79 Å². The van der Waals surface area contributed by atoms with E-state index in [0.717, 1.165) is 0 Å². The lowest BCUT2D eigenvalue weighted by Gasteiger charge is -2.19. The van der Waals surface area contributed by atoms with Gasteiger partial charge in [0.1, 0.15) is 0 Å². The van der Waals surface area contributed by atoms with Gasteiger partial charge in [-0.1, -0.05) is 0 Å². The number of carbonyl (C=O) groups excluding carboxylic acids is 1. The number of hydrogen-bond donors (Lipinski definition) is 0. The molecule has 1 fully saturated rings. The molecule has 10 heavy (non-hydrogen) atoms. The van der Waals surface area contributed by atoms with E-state index in [1.54, 1.807) is 13.8 Å². The summed E-state index contributed by atoms with van der Waals surface area (Å²) in [7, 11) is 1.47. The van der Waals surface area contributed by atoms with Gasteiger partial charge in [0, 0.05) is 7.11 Å². The lowest BCUT2D eigenvalue weighted by atomic mass is 10.1. The lowest BCUT2D eigenvalue weighted by molar-refractivity contribution is -0.109. The van der Waals surface area contributed by atoms with Gasteiger partial charge in [-0.05, 0) is 13.8 Å². The van der Waals surface area contributed by atoms with Crippen LogP contribution in [0.15, 0.2) is 0 Å². The van der Waals surface area contributed by atoms with Crippen LogP contribution in [0, 0.1) is 0 Å². The topological polar surface area (TPSA) is 44.8 Å². The second-order valence-electron chi connectivity index (χ2n) is 2.64. The van der Waals surface area contributed by atoms with Crippen molar-refractivity contribution in [2.75, 3.05) is 7.11 Å². The Morgan fingerprint density at radius 2 is 2.20 bits per heavy atom. The quantitative estimate of drug-likeness (QED) is 0.515. The highest BCUT2D eigenvalue weighted by Gasteiger charge is 2.44. The average Bonchev–Trinajstić information content (AvgIpc) is 2.04. The largest absolute Gasteiger partial charge is 0.511 e. The summed E-state index contributed by atoms with van der Waals surface area (Å²) in [6.45, 7) is 3.46. The fourth-order valence-electron chi connectivity index (χ4n) is 0.848. The predicted octanol–water partition coefficient (Wildman–Crippen LogP) is 0.904. The van der Waals surface area contributed by atoms with E-state index in [0.29, 0.717) is 0 Å². The van der Waals surface area contributed by atoms with Gasteiger partial charge < -0.3 is 14.2 Å². The van der Waals surface area contributed by atoms with Crippen LogP contribution in [0.4, 0.5) is 4.79 Å². The molecule has 0 N–H and O–H groups in total. The first-order valence-electron chi connectivity index (χ1n) is 2.98. The molecule has 0 aromatic heterocycles. The molecule has 1 unspecified atom stereocenters. The molecule has 1 rings (SSSR count). The minimum absolute atomic E-state index is 0.583. The van der Waals surface area contributed by atoms with E-state index in [1.807, 2.05) is 0 Å². The zero-order valence-electron chi connectivity index (χ0n) is 6.21. The number of rotatable bonds is 1. The zero-order valence-corrected chi connectivity index (χ0v) is 6.21. The first-order valence-corrected chi connectivity index (χ1v) is 2.98. The number of carbonyl (C=O) groups is 1. The third-order valence-corrected chi connectivity index (χ3v) is 1.33. The minimum Gasteiger partial charge on any atom is -0.422 e. The predicted molar refractivity (Wildman–Crippen MR) is 32.4 cm³/mol. The Morgan fingerprint density at radius 1 is 1.60 bits per heavy atom. The Labute approximate surface area is 59.1 Å². The number of methoxy groups -OCH3 is 1. The van der Waals surface area contributed by atoms with Crippen LogP contribution in [0.2, 0.25) is 0 Å². The highest BCUT2D eigenvalue weighted by molar-refractivity contribution is 5.62. The molecule has 1 aliphatic rings. The fourth-order valence-corrected chi connectivity index (χ4v) is 0.848. The van der Waals surface area contributed by atoms with Crippen molar-refractivity contribution in [3.8, 4) is 0 Å². The zero-order chi connectivity index (χ0) is 7.78. The molecule has 0 saturated carbocycles. The molecule has 58 valence electrons. The van der Waals surface area contributed by atoms with E-state index >= 15 is 0 Å². The second kappa shape index (κ2) is 2.12. The van der Waals surface area contributed by atoms with Crippen LogP contribution in [0.1, 0.15) is 13.8 Å². The molecule has 1 heterocycles. The number of hydrogen-bond acceptors (Lipinski definition) is 4. The summed E-state index contributed by atoms with van der Waals surface area (Å²) in [6.07, 6.45) is -1.25. The molecule has 0 aliphatic carbocycles. The van der Waals surface area contributed by atoms with Gasteiger partial charge in [0.25, 0.3) is 0 Å². The fraction of sp³-hybridized carbons (Fsp3) is 0.833. The van der Waals surface area contributed by atoms with Crippen molar-refractivity contribution in [3.63, 3.8) is 0 Å². The first kappa shape index (κ1) is 7.34. The smallest absolute Gasteiger partial charge is 0.422 e. The van der Waals surface area contributed by atoms with E-state index in [2.05, 4.69) is 4.74 Å². The summed E-state index contributed by atoms with van der Waals surface area (Å²) < 4.78 is 14.2. The molecule has 0 spiro atoms. The summed E-state index contributed by atoms with van der Waals surface area (Å²) in [5.41, 5.74) is -0.661. The van der Waals surface area contributed by atoms with Gasteiger partial charge in [-0.3, -0.25) is 0 Å². The molecule has 0 amide bonds. The van der Waals surface area contributed by atoms with E-state index in [-0.39, 0.29) is 0 Å². The Morgan fingerprint density at radius 3 is 2.40 bits per heavy atom. The van der Waals surface area contributed by atoms with Crippen molar-refractivity contribution in [2.24, 2.45) is 0 Å². The van der Waals surface area contributed by atoms with E-state index < -0.39 is 18.0 Å². The monoisotopic (exact) mass is 146 g/mol. The highest BCUT2D eigenvalue weighted by Crippen LogP contribution is 2.26. The van der Waals surface area contributed by atoms with Crippen molar-refractivity contribution in [3.05, 3.63) is 0 Å². The van der Waals surface area contributed by atoms with Crippen LogP contribution < -0.4 is 0 Å². The molecule has 4 nitrogen and oxygen atoms in total. The van der Waals surface area contributed by atoms with Crippen LogP contribution in [0.5, 0.6) is 0 Å². The molecule has 1 saturated heterocycles. The van der Waals surface area contributed by atoms with Gasteiger partial charge in [0.2, 0.25) is 6.29 Å². The van der Waals surface area contributed by atoms with Gasteiger partial charge in [0.05, 0.1) is 0 Å². The van der Waals surface area contributed by atoms with E-state index in [1.165, 1.54) is 7.11 Å². The Hall–Kier alpha value is -0.770. The van der Waals surface area contributed by atoms with Crippen LogP contribution in [-0.4, -0.2) is 25.2 Å². The molecular weight excluding hydrogens is 136 g/mol. The van der Waals surface area contributed by atoms with Gasteiger partial charge in [0.15, 0.2) is 5.60 Å². The summed E-state index contributed by atoms with van der Waals surface area (Å²) >= 11 is 0. The molecule has 1 aliphatic heterocycles. The first-order chi connectivity index (χ1) is 4.56. The summed E-state index contributed by atoms with van der Waals surface area (Å²) in [5.74, 6) is 0. The van der Waals surface area contributed by atoms with Crippen LogP contribution in [0.25, 0.3) is 0 Å². The third-order valence-electron chi connectivity index (χ3n) is 1.33. The van der Waals surface area contributed by atoms with Gasteiger partial charge in [-0.2, -0.15) is 0 Å². The van der Waals surface area contributed by atoms with Crippen LogP contribution in [-0.2, 0) is 14.2 Å². The molecule has 0 bridgehead atoms. The Bertz CT molecular complexity index is 152. The van der Waals surface area contributed by atoms with Crippen molar-refractivity contribution < 1.29 is 19.0 Å². The maximum atomic E-state index is 10.5. The summed E-state index contributed by atoms with van der Waals surface area (Å²) in [5, 5.41) is 0. The molecule has 4 heteroatoms. The van der Waals surface area contributed by atoms with E-state index in [4.69, 9.17) is 9.47 Å². The number of ether oxygens (including phenoxy) is 3. The molecular formula is C6H10O4. The molecule has 0 radical (unpaired) electrons. The van der Waals surface area contributed by atoms with Crippen LogP contribution in [0.3, 0.4) is 0 Å². The average molecular weight is 146 g/mol. The maximum absolute atomic E-state index is 10.5. The Balaban J connectivity index is 2.67. The van der Waals surface area contributed by atoms with Crippen LogP contribution >= 0.6 is 0 Å².